The van der Waals surface area contributed by atoms with Crippen LogP contribution in [0.15, 0.2) is 18.2 Å². The second-order valence-electron chi connectivity index (χ2n) is 4.61. The molecule has 1 aliphatic heterocycles. The molecule has 112 valence electrons. The lowest BCUT2D eigenvalue weighted by Crippen LogP contribution is -2.48. The quantitative estimate of drug-likeness (QED) is 0.762. The van der Waals surface area contributed by atoms with Crippen molar-refractivity contribution in [2.24, 2.45) is 0 Å². The summed E-state index contributed by atoms with van der Waals surface area (Å²) in [6.45, 7) is 0.282. The van der Waals surface area contributed by atoms with Gasteiger partial charge >= 0.3 is 18.0 Å². The van der Waals surface area contributed by atoms with Crippen molar-refractivity contribution in [3.63, 3.8) is 0 Å². The zero-order valence-corrected chi connectivity index (χ0v) is 10.9. The van der Waals surface area contributed by atoms with E-state index >= 15 is 0 Å². The third-order valence-corrected chi connectivity index (χ3v) is 3.16. The Morgan fingerprint density at radius 3 is 2.67 bits per heavy atom. The van der Waals surface area contributed by atoms with E-state index in [1.807, 2.05) is 0 Å². The first-order valence-corrected chi connectivity index (χ1v) is 6.19. The maximum atomic E-state index is 13.2. The van der Waals surface area contributed by atoms with Gasteiger partial charge in [-0.15, -0.1) is 0 Å². The smallest absolute Gasteiger partial charge is 0.326 e. The molecule has 0 unspecified atom stereocenters. The normalized spacial score (nSPS) is 14.4. The molecule has 0 bridgehead atoms. The van der Waals surface area contributed by atoms with Crippen LogP contribution in [-0.4, -0.2) is 40.8 Å². The predicted octanol–water partition coefficient (Wildman–Crippen LogP) is 0.826. The molecule has 8 heteroatoms. The van der Waals surface area contributed by atoms with Crippen LogP contribution in [0.1, 0.15) is 12.0 Å². The van der Waals surface area contributed by atoms with Gasteiger partial charge in [0.2, 0.25) is 0 Å². The zero-order valence-electron chi connectivity index (χ0n) is 10.9. The van der Waals surface area contributed by atoms with Crippen molar-refractivity contribution in [1.29, 1.82) is 0 Å². The molecular formula is C13H13FN2O5. The number of amides is 2. The highest BCUT2D eigenvalue weighted by atomic mass is 19.1. The molecule has 1 aromatic rings. The predicted molar refractivity (Wildman–Crippen MR) is 69.7 cm³/mol. The fourth-order valence-electron chi connectivity index (χ4n) is 2.16. The molecule has 2 amide bonds. The SMILES string of the molecule is O=C(O)C[C@@H](NC(=O)N1CCc2ccc(F)cc21)C(=O)O. The average molecular weight is 296 g/mol. The number of benzene rings is 1. The van der Waals surface area contributed by atoms with Gasteiger partial charge in [-0.1, -0.05) is 6.07 Å². The lowest BCUT2D eigenvalue weighted by Gasteiger charge is -2.20. The highest BCUT2D eigenvalue weighted by Gasteiger charge is 2.29. The first kappa shape index (κ1) is 14.8. The summed E-state index contributed by atoms with van der Waals surface area (Å²) in [5.41, 5.74) is 1.14. The third kappa shape index (κ3) is 3.28. The van der Waals surface area contributed by atoms with Crippen molar-refractivity contribution >= 4 is 23.7 Å². The van der Waals surface area contributed by atoms with E-state index in [-0.39, 0.29) is 6.54 Å². The number of carboxylic acid groups (broad SMARTS) is 2. The van der Waals surface area contributed by atoms with E-state index in [0.717, 1.165) is 5.56 Å². The number of nitrogens with one attached hydrogen (secondary N) is 1. The highest BCUT2D eigenvalue weighted by Crippen LogP contribution is 2.28. The number of carboxylic acids is 2. The van der Waals surface area contributed by atoms with Gasteiger partial charge in [-0.3, -0.25) is 9.69 Å². The van der Waals surface area contributed by atoms with Crippen LogP contribution in [0.4, 0.5) is 14.9 Å². The van der Waals surface area contributed by atoms with Crippen LogP contribution >= 0.6 is 0 Å². The van der Waals surface area contributed by atoms with Crippen molar-refractivity contribution in [2.45, 2.75) is 18.9 Å². The maximum absolute atomic E-state index is 13.2. The summed E-state index contributed by atoms with van der Waals surface area (Å²) in [6, 6.07) is 1.74. The standard InChI is InChI=1S/C13H13FN2O5/c14-8-2-1-7-3-4-16(10(7)5-8)13(21)15-9(12(19)20)6-11(17)18/h1-2,5,9H,3-4,6H2,(H,15,21)(H,17,18)(H,19,20)/t9-/m1/s1. The number of aliphatic carboxylic acids is 2. The minimum atomic E-state index is -1.53. The molecule has 0 saturated carbocycles. The first-order chi connectivity index (χ1) is 9.88. The third-order valence-electron chi connectivity index (χ3n) is 3.16. The van der Waals surface area contributed by atoms with Crippen LogP contribution in [-0.2, 0) is 16.0 Å². The van der Waals surface area contributed by atoms with Crippen molar-refractivity contribution in [3.8, 4) is 0 Å². The van der Waals surface area contributed by atoms with Crippen molar-refractivity contribution in [2.75, 3.05) is 11.4 Å². The molecule has 2 rings (SSSR count). The zero-order chi connectivity index (χ0) is 15.6. The molecule has 1 heterocycles. The molecule has 0 aliphatic carbocycles. The number of urea groups is 1. The number of halogens is 1. The van der Waals surface area contributed by atoms with Crippen LogP contribution in [0.25, 0.3) is 0 Å². The van der Waals surface area contributed by atoms with E-state index < -0.39 is 36.2 Å². The summed E-state index contributed by atoms with van der Waals surface area (Å²) < 4.78 is 13.2. The summed E-state index contributed by atoms with van der Waals surface area (Å²) in [5, 5.41) is 19.7. The molecule has 1 aliphatic rings. The minimum absolute atomic E-state index is 0.282. The number of hydrogen-bond acceptors (Lipinski definition) is 3. The van der Waals surface area contributed by atoms with Crippen LogP contribution in [0.2, 0.25) is 0 Å². The van der Waals surface area contributed by atoms with Crippen LogP contribution < -0.4 is 10.2 Å². The summed E-state index contributed by atoms with van der Waals surface area (Å²) in [5.74, 6) is -3.28. The van der Waals surface area contributed by atoms with Gasteiger partial charge in [0, 0.05) is 6.54 Å². The van der Waals surface area contributed by atoms with Gasteiger partial charge in [-0.05, 0) is 24.1 Å². The van der Waals surface area contributed by atoms with E-state index in [2.05, 4.69) is 5.32 Å². The number of fused-ring (bicyclic) bond motifs is 1. The topological polar surface area (TPSA) is 107 Å². The van der Waals surface area contributed by atoms with Gasteiger partial charge in [0.1, 0.15) is 11.9 Å². The van der Waals surface area contributed by atoms with Gasteiger partial charge in [-0.2, -0.15) is 0 Å². The van der Waals surface area contributed by atoms with Crippen molar-refractivity contribution in [3.05, 3.63) is 29.6 Å². The average Bonchev–Trinajstić information content (AvgIpc) is 2.80. The summed E-state index contributed by atoms with van der Waals surface area (Å²) >= 11 is 0. The van der Waals surface area contributed by atoms with Crippen LogP contribution in [0, 0.1) is 5.82 Å². The number of nitrogens with zero attached hydrogens (tertiary/aromatic N) is 1. The van der Waals surface area contributed by atoms with E-state index in [1.54, 1.807) is 6.07 Å². The second kappa shape index (κ2) is 5.78. The van der Waals surface area contributed by atoms with Gasteiger partial charge in [-0.25, -0.2) is 14.0 Å². The number of rotatable bonds is 4. The Bertz CT molecular complexity index is 604. The molecule has 0 saturated heterocycles. The van der Waals surface area contributed by atoms with Crippen LogP contribution in [0.3, 0.4) is 0 Å². The Balaban J connectivity index is 2.13. The first-order valence-electron chi connectivity index (χ1n) is 6.19. The van der Waals surface area contributed by atoms with Gasteiger partial charge in [0.25, 0.3) is 0 Å². The van der Waals surface area contributed by atoms with E-state index in [0.29, 0.717) is 12.1 Å². The Morgan fingerprint density at radius 1 is 1.33 bits per heavy atom. The largest absolute Gasteiger partial charge is 0.481 e. The molecule has 1 aromatic carbocycles. The number of carbonyl (C=O) groups is 3. The van der Waals surface area contributed by atoms with Crippen molar-refractivity contribution < 1.29 is 29.0 Å². The summed E-state index contributed by atoms with van der Waals surface area (Å²) in [6.07, 6.45) is -0.204. The lowest BCUT2D eigenvalue weighted by molar-refractivity contribution is -0.145. The number of anilines is 1. The Kier molecular flexibility index (Phi) is 4.06. The van der Waals surface area contributed by atoms with E-state index in [9.17, 15) is 18.8 Å². The molecule has 0 spiro atoms. The van der Waals surface area contributed by atoms with Crippen molar-refractivity contribution in [1.82, 2.24) is 5.32 Å². The van der Waals surface area contributed by atoms with Crippen LogP contribution in [0.5, 0.6) is 0 Å². The fraction of sp³-hybridized carbons (Fsp3) is 0.308. The van der Waals surface area contributed by atoms with Gasteiger partial charge < -0.3 is 15.5 Å². The molecule has 21 heavy (non-hydrogen) atoms. The van der Waals surface area contributed by atoms with Gasteiger partial charge in [0.15, 0.2) is 0 Å². The number of hydrogen-bond donors (Lipinski definition) is 3. The molecule has 0 fully saturated rings. The highest BCUT2D eigenvalue weighted by molar-refractivity contribution is 5.97. The summed E-state index contributed by atoms with van der Waals surface area (Å²) in [4.78, 5) is 34.8. The second-order valence-corrected chi connectivity index (χ2v) is 4.61. The molecule has 7 nitrogen and oxygen atoms in total. The Morgan fingerprint density at radius 2 is 2.05 bits per heavy atom. The Hall–Kier alpha value is -2.64. The van der Waals surface area contributed by atoms with Gasteiger partial charge in [0.05, 0.1) is 12.1 Å². The molecule has 0 aromatic heterocycles. The molecule has 0 radical (unpaired) electrons. The number of carbonyl (C=O) groups excluding carboxylic acids is 1. The maximum Gasteiger partial charge on any atom is 0.326 e. The molecular weight excluding hydrogens is 283 g/mol. The molecule has 3 N–H and O–H groups in total. The monoisotopic (exact) mass is 296 g/mol. The summed E-state index contributed by atoms with van der Waals surface area (Å²) in [7, 11) is 0. The Labute approximate surface area is 119 Å². The minimum Gasteiger partial charge on any atom is -0.481 e. The van der Waals surface area contributed by atoms with E-state index in [4.69, 9.17) is 10.2 Å². The molecule has 1 atom stereocenters. The fourth-order valence-corrected chi connectivity index (χ4v) is 2.16. The van der Waals surface area contributed by atoms with E-state index in [1.165, 1.54) is 17.0 Å². The lowest BCUT2D eigenvalue weighted by atomic mass is 10.2.